The molecule has 3 rings (SSSR count). The molecule has 0 N–H and O–H groups in total. The van der Waals surface area contributed by atoms with Gasteiger partial charge in [0.05, 0.1) is 37.5 Å². The first-order valence-electron chi connectivity index (χ1n) is 9.74. The van der Waals surface area contributed by atoms with Crippen LogP contribution in [0.3, 0.4) is 0 Å². The zero-order valence-corrected chi connectivity index (χ0v) is 18.2. The minimum absolute atomic E-state index is 0.0243. The molecule has 0 fully saturated rings. The van der Waals surface area contributed by atoms with E-state index in [2.05, 4.69) is 4.99 Å². The highest BCUT2D eigenvalue weighted by Crippen LogP contribution is 2.41. The molecule has 0 atom stereocenters. The highest BCUT2D eigenvalue weighted by atomic mass is 16.6. The van der Waals surface area contributed by atoms with Crippen molar-refractivity contribution < 1.29 is 19.7 Å². The Bertz CT molecular complexity index is 1330. The molecule has 3 aromatic rings. The number of anilines is 1. The van der Waals surface area contributed by atoms with Crippen LogP contribution in [-0.4, -0.2) is 32.6 Å². The maximum atomic E-state index is 11.8. The molecule has 35 heavy (non-hydrogen) atoms. The summed E-state index contributed by atoms with van der Waals surface area (Å²) in [6.45, 7) is 1.85. The van der Waals surface area contributed by atoms with Crippen LogP contribution in [0, 0.1) is 47.4 Å². The van der Waals surface area contributed by atoms with Gasteiger partial charge < -0.3 is 4.90 Å². The molecule has 0 saturated carbocycles. The Balaban J connectivity index is 2.30. The van der Waals surface area contributed by atoms with Crippen molar-refractivity contribution >= 4 is 40.0 Å². The van der Waals surface area contributed by atoms with Crippen molar-refractivity contribution in [3.8, 4) is 0 Å². The summed E-state index contributed by atoms with van der Waals surface area (Å²) < 4.78 is 0. The first-order chi connectivity index (χ1) is 16.5. The van der Waals surface area contributed by atoms with Crippen LogP contribution in [0.5, 0.6) is 0 Å². The summed E-state index contributed by atoms with van der Waals surface area (Å²) >= 11 is 0. The number of nitrogens with zero attached hydrogens (tertiary/aromatic N) is 6. The Morgan fingerprint density at radius 1 is 0.714 bits per heavy atom. The lowest BCUT2D eigenvalue weighted by Crippen LogP contribution is -2.28. The maximum absolute atomic E-state index is 11.8. The van der Waals surface area contributed by atoms with Crippen molar-refractivity contribution in [2.75, 3.05) is 11.9 Å². The molecule has 0 aliphatic rings. The second-order valence-electron chi connectivity index (χ2n) is 7.24. The number of aliphatic imine (C=N–C) groups is 1. The Morgan fingerprint density at radius 2 is 1.20 bits per heavy atom. The van der Waals surface area contributed by atoms with Gasteiger partial charge in [0.15, 0.2) is 0 Å². The number of amidine groups is 1. The van der Waals surface area contributed by atoms with Crippen molar-refractivity contribution in [1.82, 2.24) is 0 Å². The highest BCUT2D eigenvalue weighted by molar-refractivity contribution is 6.13. The molecule has 0 bridgehead atoms. The van der Waals surface area contributed by atoms with E-state index >= 15 is 0 Å². The standard InChI is InChI=1S/C21H16N6O8/c1-13-3-7-15(8-4-13)22-21(14-5-9-16(10-6-14)24(28)29)23(2)20-18(26(32)33)11-17(25(30)31)12-19(20)27(34)35/h3-12H,1-2H3. The Labute approximate surface area is 196 Å². The average molecular weight is 480 g/mol. The minimum atomic E-state index is -0.971. The smallest absolute Gasteiger partial charge is 0.306 e. The highest BCUT2D eigenvalue weighted by Gasteiger charge is 2.34. The predicted octanol–water partition coefficient (Wildman–Crippen LogP) is 4.84. The van der Waals surface area contributed by atoms with Crippen molar-refractivity contribution in [2.45, 2.75) is 6.92 Å². The monoisotopic (exact) mass is 480 g/mol. The van der Waals surface area contributed by atoms with Crippen LogP contribution in [0.4, 0.5) is 34.1 Å². The molecule has 0 heterocycles. The zero-order chi connectivity index (χ0) is 25.9. The number of hydrogen-bond donors (Lipinski definition) is 0. The van der Waals surface area contributed by atoms with Gasteiger partial charge in [-0.1, -0.05) is 17.7 Å². The summed E-state index contributed by atoms with van der Waals surface area (Å²) in [5.74, 6) is -0.0243. The third-order valence-corrected chi connectivity index (χ3v) is 4.92. The first-order valence-corrected chi connectivity index (χ1v) is 9.74. The number of non-ortho nitro benzene ring substituents is 2. The van der Waals surface area contributed by atoms with Gasteiger partial charge in [0.2, 0.25) is 5.69 Å². The molecule has 0 radical (unpaired) electrons. The third-order valence-electron chi connectivity index (χ3n) is 4.92. The van der Waals surface area contributed by atoms with Crippen LogP contribution in [0.25, 0.3) is 0 Å². The van der Waals surface area contributed by atoms with E-state index < -0.39 is 42.4 Å². The van der Waals surface area contributed by atoms with Gasteiger partial charge in [-0.15, -0.1) is 0 Å². The average Bonchev–Trinajstić information content (AvgIpc) is 2.82. The molecule has 0 aliphatic carbocycles. The van der Waals surface area contributed by atoms with E-state index in [1.807, 2.05) is 6.92 Å². The molecular weight excluding hydrogens is 464 g/mol. The molecule has 14 nitrogen and oxygen atoms in total. The number of rotatable bonds is 7. The van der Waals surface area contributed by atoms with Gasteiger partial charge in [-0.2, -0.15) is 0 Å². The Hall–Kier alpha value is -5.27. The van der Waals surface area contributed by atoms with Gasteiger partial charge in [-0.25, -0.2) is 4.99 Å². The Kier molecular flexibility index (Phi) is 6.75. The predicted molar refractivity (Wildman–Crippen MR) is 125 cm³/mol. The van der Waals surface area contributed by atoms with E-state index in [1.165, 1.54) is 31.3 Å². The van der Waals surface area contributed by atoms with Gasteiger partial charge in [-0.05, 0) is 31.2 Å². The molecule has 0 saturated heterocycles. The molecule has 0 amide bonds. The second-order valence-corrected chi connectivity index (χ2v) is 7.24. The largest absolute Gasteiger partial charge is 0.318 e. The summed E-state index contributed by atoms with van der Waals surface area (Å²) in [5, 5.41) is 45.8. The molecule has 14 heteroatoms. The van der Waals surface area contributed by atoms with Gasteiger partial charge >= 0.3 is 11.4 Å². The van der Waals surface area contributed by atoms with Crippen LogP contribution in [0.2, 0.25) is 0 Å². The maximum Gasteiger partial charge on any atom is 0.306 e. The van der Waals surface area contributed by atoms with E-state index in [9.17, 15) is 40.5 Å². The van der Waals surface area contributed by atoms with E-state index in [4.69, 9.17) is 0 Å². The number of benzene rings is 3. The van der Waals surface area contributed by atoms with Crippen LogP contribution < -0.4 is 4.90 Å². The first kappa shape index (κ1) is 24.4. The van der Waals surface area contributed by atoms with Crippen molar-refractivity contribution in [1.29, 1.82) is 0 Å². The lowest BCUT2D eigenvalue weighted by molar-refractivity contribution is -0.402. The second kappa shape index (κ2) is 9.70. The topological polar surface area (TPSA) is 188 Å². The lowest BCUT2D eigenvalue weighted by Gasteiger charge is -2.21. The van der Waals surface area contributed by atoms with Crippen LogP contribution in [0.1, 0.15) is 11.1 Å². The molecular formula is C21H16N6O8. The van der Waals surface area contributed by atoms with E-state index in [0.717, 1.165) is 10.5 Å². The van der Waals surface area contributed by atoms with Crippen molar-refractivity contribution in [3.63, 3.8) is 0 Å². The summed E-state index contributed by atoms with van der Waals surface area (Å²) in [4.78, 5) is 47.8. The fourth-order valence-corrected chi connectivity index (χ4v) is 3.23. The molecule has 0 aromatic heterocycles. The van der Waals surface area contributed by atoms with Crippen LogP contribution in [-0.2, 0) is 0 Å². The normalized spacial score (nSPS) is 11.1. The van der Waals surface area contributed by atoms with Gasteiger partial charge in [0.25, 0.3) is 11.4 Å². The molecule has 0 unspecified atom stereocenters. The quantitative estimate of drug-likeness (QED) is 0.197. The summed E-state index contributed by atoms with van der Waals surface area (Å²) in [6.07, 6.45) is 0. The zero-order valence-electron chi connectivity index (χ0n) is 18.2. The fraction of sp³-hybridized carbons (Fsp3) is 0.0952. The van der Waals surface area contributed by atoms with E-state index in [-0.39, 0.29) is 17.1 Å². The van der Waals surface area contributed by atoms with Gasteiger partial charge in [0, 0.05) is 24.7 Å². The van der Waals surface area contributed by atoms with E-state index in [0.29, 0.717) is 17.8 Å². The number of nitro benzene ring substituents is 4. The van der Waals surface area contributed by atoms with Crippen molar-refractivity contribution in [3.05, 3.63) is 112 Å². The van der Waals surface area contributed by atoms with E-state index in [1.54, 1.807) is 24.3 Å². The lowest BCUT2D eigenvalue weighted by atomic mass is 10.1. The van der Waals surface area contributed by atoms with Crippen LogP contribution >= 0.6 is 0 Å². The molecule has 0 aliphatic heterocycles. The van der Waals surface area contributed by atoms with Crippen LogP contribution in [0.15, 0.2) is 65.7 Å². The van der Waals surface area contributed by atoms with Gasteiger partial charge in [-0.3, -0.25) is 40.5 Å². The Morgan fingerprint density at radius 3 is 1.63 bits per heavy atom. The summed E-state index contributed by atoms with van der Waals surface area (Å²) in [5.41, 5.74) is -1.79. The molecule has 178 valence electrons. The number of nitro groups is 4. The third kappa shape index (κ3) is 5.22. The summed E-state index contributed by atoms with van der Waals surface area (Å²) in [6, 6.07) is 13.1. The molecule has 3 aromatic carbocycles. The van der Waals surface area contributed by atoms with Crippen molar-refractivity contribution in [2.24, 2.45) is 4.99 Å². The minimum Gasteiger partial charge on any atom is -0.318 e. The fourth-order valence-electron chi connectivity index (χ4n) is 3.23. The summed E-state index contributed by atoms with van der Waals surface area (Å²) in [7, 11) is 1.27. The SMILES string of the molecule is Cc1ccc(N=C(c2ccc([N+](=O)[O-])cc2)N(C)c2c([N+](=O)[O-])cc([N+](=O)[O-])cc2[N+](=O)[O-])cc1. The van der Waals surface area contributed by atoms with Gasteiger partial charge in [0.1, 0.15) is 5.84 Å². The number of hydrogen-bond acceptors (Lipinski definition) is 9. The number of aryl methyl sites for hydroxylation is 1. The molecule has 0 spiro atoms.